The molecule has 4 heteroatoms. The van der Waals surface area contributed by atoms with Gasteiger partial charge in [0.2, 0.25) is 11.8 Å². The number of carbonyl (C=O) groups is 1. The van der Waals surface area contributed by atoms with Gasteiger partial charge < -0.3 is 5.32 Å². The van der Waals surface area contributed by atoms with Gasteiger partial charge in [-0.1, -0.05) is 6.08 Å². The second-order valence-electron chi connectivity index (χ2n) is 4.73. The maximum absolute atomic E-state index is 12.9. The van der Waals surface area contributed by atoms with Crippen molar-refractivity contribution < 1.29 is 13.6 Å². The van der Waals surface area contributed by atoms with Crippen LogP contribution in [0.15, 0.2) is 11.6 Å². The summed E-state index contributed by atoms with van der Waals surface area (Å²) in [5.41, 5.74) is 0.831. The number of halogens is 2. The van der Waals surface area contributed by atoms with Crippen molar-refractivity contribution in [1.29, 1.82) is 0 Å². The second kappa shape index (κ2) is 4.52. The normalized spacial score (nSPS) is 25.2. The summed E-state index contributed by atoms with van der Waals surface area (Å²) in [4.78, 5) is 11.7. The molecule has 0 aromatic carbocycles. The summed E-state index contributed by atoms with van der Waals surface area (Å²) < 4.78 is 25.8. The zero-order chi connectivity index (χ0) is 11.6. The summed E-state index contributed by atoms with van der Waals surface area (Å²) in [6, 6.07) is -0.0615. The molecule has 0 bridgehead atoms. The van der Waals surface area contributed by atoms with Crippen LogP contribution in [-0.2, 0) is 4.79 Å². The van der Waals surface area contributed by atoms with Gasteiger partial charge in [0.05, 0.1) is 0 Å². The lowest BCUT2D eigenvalue weighted by Gasteiger charge is -2.28. The minimum atomic E-state index is -2.52. The third kappa shape index (κ3) is 2.80. The van der Waals surface area contributed by atoms with Gasteiger partial charge >= 0.3 is 0 Å². The molecule has 2 nitrogen and oxygen atoms in total. The number of hydrogen-bond donors (Lipinski definition) is 1. The van der Waals surface area contributed by atoms with E-state index >= 15 is 0 Å². The van der Waals surface area contributed by atoms with Crippen molar-refractivity contribution in [2.45, 2.75) is 56.9 Å². The number of hydrogen-bond acceptors (Lipinski definition) is 1. The van der Waals surface area contributed by atoms with Gasteiger partial charge in [0.25, 0.3) is 0 Å². The van der Waals surface area contributed by atoms with E-state index in [1.54, 1.807) is 0 Å². The highest BCUT2D eigenvalue weighted by atomic mass is 19.3. The van der Waals surface area contributed by atoms with Gasteiger partial charge in [-0.15, -0.1) is 0 Å². The highest BCUT2D eigenvalue weighted by Gasteiger charge is 2.35. The first-order chi connectivity index (χ1) is 7.57. The molecule has 2 aliphatic carbocycles. The molecule has 1 amide bonds. The lowest BCUT2D eigenvalue weighted by atomic mass is 9.92. The smallest absolute Gasteiger partial charge is 0.248 e. The summed E-state index contributed by atoms with van der Waals surface area (Å²) in [6.07, 6.45) is 5.37. The predicted molar refractivity (Wildman–Crippen MR) is 57.3 cm³/mol. The van der Waals surface area contributed by atoms with Crippen LogP contribution in [0.5, 0.6) is 0 Å². The van der Waals surface area contributed by atoms with Crippen LogP contribution < -0.4 is 5.32 Å². The van der Waals surface area contributed by atoms with E-state index in [1.807, 2.05) is 6.08 Å². The van der Waals surface area contributed by atoms with Crippen molar-refractivity contribution in [3.63, 3.8) is 0 Å². The van der Waals surface area contributed by atoms with Crippen molar-refractivity contribution in [3.05, 3.63) is 11.6 Å². The van der Waals surface area contributed by atoms with Crippen LogP contribution in [0, 0.1) is 0 Å². The van der Waals surface area contributed by atoms with Gasteiger partial charge in [0, 0.05) is 24.5 Å². The van der Waals surface area contributed by atoms with Gasteiger partial charge in [-0.3, -0.25) is 4.79 Å². The molecule has 90 valence electrons. The van der Waals surface area contributed by atoms with Gasteiger partial charge in [-0.25, -0.2) is 8.78 Å². The molecule has 0 unspecified atom stereocenters. The Hall–Kier alpha value is -0.930. The molecule has 0 heterocycles. The molecule has 1 fully saturated rings. The van der Waals surface area contributed by atoms with Crippen LogP contribution in [0.25, 0.3) is 0 Å². The fourth-order valence-electron chi connectivity index (χ4n) is 2.34. The van der Waals surface area contributed by atoms with E-state index < -0.39 is 5.92 Å². The van der Waals surface area contributed by atoms with E-state index in [-0.39, 0.29) is 24.8 Å². The Morgan fingerprint density at radius 1 is 1.38 bits per heavy atom. The van der Waals surface area contributed by atoms with Crippen molar-refractivity contribution in [1.82, 2.24) is 5.32 Å². The predicted octanol–water partition coefficient (Wildman–Crippen LogP) is 2.79. The number of alkyl halides is 2. The fraction of sp³-hybridized carbons (Fsp3) is 0.750. The van der Waals surface area contributed by atoms with Crippen LogP contribution in [0.2, 0.25) is 0 Å². The average molecular weight is 229 g/mol. The zero-order valence-electron chi connectivity index (χ0n) is 9.27. The molecule has 0 atom stereocenters. The lowest BCUT2D eigenvalue weighted by molar-refractivity contribution is -0.119. The van der Waals surface area contributed by atoms with E-state index in [0.29, 0.717) is 12.8 Å². The topological polar surface area (TPSA) is 29.1 Å². The molecular weight excluding hydrogens is 212 g/mol. The van der Waals surface area contributed by atoms with Crippen LogP contribution in [-0.4, -0.2) is 17.9 Å². The summed E-state index contributed by atoms with van der Waals surface area (Å²) in [6.45, 7) is 0. The first-order valence-electron chi connectivity index (χ1n) is 5.94. The summed E-state index contributed by atoms with van der Waals surface area (Å²) in [7, 11) is 0. The Morgan fingerprint density at radius 3 is 2.62 bits per heavy atom. The van der Waals surface area contributed by atoms with E-state index in [0.717, 1.165) is 24.8 Å². The third-order valence-corrected chi connectivity index (χ3v) is 3.38. The van der Waals surface area contributed by atoms with Crippen molar-refractivity contribution in [3.8, 4) is 0 Å². The van der Waals surface area contributed by atoms with E-state index in [9.17, 15) is 13.6 Å². The molecule has 2 rings (SSSR count). The van der Waals surface area contributed by atoms with Gasteiger partial charge in [-0.2, -0.15) is 0 Å². The first-order valence-corrected chi connectivity index (χ1v) is 5.94. The minimum Gasteiger partial charge on any atom is -0.350 e. The minimum absolute atomic E-state index is 0.0484. The number of allylic oxidation sites excluding steroid dienone is 1. The fourth-order valence-corrected chi connectivity index (χ4v) is 2.34. The Kier molecular flexibility index (Phi) is 3.26. The Balaban J connectivity index is 1.80. The lowest BCUT2D eigenvalue weighted by Crippen LogP contribution is -2.40. The van der Waals surface area contributed by atoms with Gasteiger partial charge in [-0.05, 0) is 32.1 Å². The number of carbonyl (C=O) groups excluding carboxylic acids is 1. The van der Waals surface area contributed by atoms with Crippen LogP contribution in [0.1, 0.15) is 44.9 Å². The monoisotopic (exact) mass is 229 g/mol. The molecule has 0 spiro atoms. The molecular formula is C12H17F2NO. The van der Waals surface area contributed by atoms with E-state index in [1.165, 1.54) is 0 Å². The molecule has 0 radical (unpaired) electrons. The number of rotatable bonds is 2. The average Bonchev–Trinajstić information content (AvgIpc) is 2.74. The molecule has 1 saturated carbocycles. The van der Waals surface area contributed by atoms with Crippen molar-refractivity contribution >= 4 is 5.91 Å². The maximum atomic E-state index is 12.9. The standard InChI is InChI=1S/C12H17F2NO/c13-12(14)7-5-10(6-8-12)15-11(16)9-3-1-2-4-9/h3,10H,1-2,4-8H2,(H,15,16). The molecule has 0 aromatic heterocycles. The highest BCUT2D eigenvalue weighted by Crippen LogP contribution is 2.33. The summed E-state index contributed by atoms with van der Waals surface area (Å²) in [5, 5.41) is 2.86. The third-order valence-electron chi connectivity index (χ3n) is 3.38. The first kappa shape index (κ1) is 11.6. The van der Waals surface area contributed by atoms with Crippen molar-refractivity contribution in [2.75, 3.05) is 0 Å². The van der Waals surface area contributed by atoms with Crippen molar-refractivity contribution in [2.24, 2.45) is 0 Å². The number of amides is 1. The SMILES string of the molecule is O=C(NC1CCC(F)(F)CC1)C1=CCCC1. The van der Waals surface area contributed by atoms with Gasteiger partial charge in [0.1, 0.15) is 0 Å². The summed E-state index contributed by atoms with van der Waals surface area (Å²) in [5.74, 6) is -2.57. The Labute approximate surface area is 94.1 Å². The molecule has 0 saturated heterocycles. The molecule has 0 aromatic rings. The zero-order valence-corrected chi connectivity index (χ0v) is 9.27. The molecule has 0 aliphatic heterocycles. The summed E-state index contributed by atoms with van der Waals surface area (Å²) >= 11 is 0. The van der Waals surface area contributed by atoms with Gasteiger partial charge in [0.15, 0.2) is 0 Å². The quantitative estimate of drug-likeness (QED) is 0.775. The van der Waals surface area contributed by atoms with Crippen LogP contribution in [0.4, 0.5) is 8.78 Å². The maximum Gasteiger partial charge on any atom is 0.248 e. The van der Waals surface area contributed by atoms with Crippen LogP contribution in [0.3, 0.4) is 0 Å². The molecule has 2 aliphatic rings. The second-order valence-corrected chi connectivity index (χ2v) is 4.73. The van der Waals surface area contributed by atoms with Crippen LogP contribution >= 0.6 is 0 Å². The van der Waals surface area contributed by atoms with E-state index in [4.69, 9.17) is 0 Å². The highest BCUT2D eigenvalue weighted by molar-refractivity contribution is 5.93. The van der Waals surface area contributed by atoms with E-state index in [2.05, 4.69) is 5.32 Å². The Bertz CT molecular complexity index is 302. The molecule has 1 N–H and O–H groups in total. The molecule has 16 heavy (non-hydrogen) atoms. The largest absolute Gasteiger partial charge is 0.350 e. The number of nitrogens with one attached hydrogen (secondary N) is 1. The Morgan fingerprint density at radius 2 is 2.06 bits per heavy atom.